The number of hydrogen-bond acceptors (Lipinski definition) is 3. The van der Waals surface area contributed by atoms with E-state index in [4.69, 9.17) is 0 Å². The van der Waals surface area contributed by atoms with Gasteiger partial charge in [0.25, 0.3) is 0 Å². The van der Waals surface area contributed by atoms with Crippen molar-refractivity contribution < 1.29 is 5.11 Å². The SMILES string of the molecule is CC[C@@H](O)c1ccc(Sc2ccc(C)cc2C)cn1. The molecule has 0 unspecified atom stereocenters. The third kappa shape index (κ3) is 3.58. The predicted octanol–water partition coefficient (Wildman–Crippen LogP) is 4.29. The van der Waals surface area contributed by atoms with Gasteiger partial charge in [0.2, 0.25) is 0 Å². The maximum absolute atomic E-state index is 9.72. The van der Waals surface area contributed by atoms with Crippen LogP contribution >= 0.6 is 11.8 Å². The fourth-order valence-electron chi connectivity index (χ4n) is 1.90. The lowest BCUT2D eigenvalue weighted by atomic mass is 10.2. The monoisotopic (exact) mass is 273 g/mol. The molecule has 0 saturated heterocycles. The van der Waals surface area contributed by atoms with E-state index in [9.17, 15) is 5.11 Å². The topological polar surface area (TPSA) is 33.1 Å². The number of aliphatic hydroxyl groups is 1. The maximum Gasteiger partial charge on any atom is 0.0957 e. The maximum atomic E-state index is 9.72. The van der Waals surface area contributed by atoms with E-state index in [-0.39, 0.29) is 0 Å². The summed E-state index contributed by atoms with van der Waals surface area (Å²) in [7, 11) is 0. The molecule has 1 atom stereocenters. The Hall–Kier alpha value is -1.32. The van der Waals surface area contributed by atoms with Crippen LogP contribution in [-0.2, 0) is 0 Å². The minimum absolute atomic E-state index is 0.458. The Balaban J connectivity index is 2.15. The summed E-state index contributed by atoms with van der Waals surface area (Å²) >= 11 is 1.71. The van der Waals surface area contributed by atoms with Crippen LogP contribution in [0.1, 0.15) is 36.3 Å². The summed E-state index contributed by atoms with van der Waals surface area (Å²) in [6.45, 7) is 6.17. The minimum atomic E-state index is -0.458. The van der Waals surface area contributed by atoms with Gasteiger partial charge < -0.3 is 5.11 Å². The molecule has 1 aromatic carbocycles. The van der Waals surface area contributed by atoms with Crippen LogP contribution in [0.25, 0.3) is 0 Å². The Kier molecular flexibility index (Phi) is 4.61. The fraction of sp³-hybridized carbons (Fsp3) is 0.312. The lowest BCUT2D eigenvalue weighted by Crippen LogP contribution is -1.97. The number of aryl methyl sites for hydroxylation is 2. The number of benzene rings is 1. The number of pyridine rings is 1. The highest BCUT2D eigenvalue weighted by atomic mass is 32.2. The van der Waals surface area contributed by atoms with Gasteiger partial charge in [0.1, 0.15) is 0 Å². The lowest BCUT2D eigenvalue weighted by molar-refractivity contribution is 0.169. The molecule has 0 spiro atoms. The zero-order chi connectivity index (χ0) is 13.8. The highest BCUT2D eigenvalue weighted by Crippen LogP contribution is 2.30. The highest BCUT2D eigenvalue weighted by Gasteiger charge is 2.07. The van der Waals surface area contributed by atoms with Crippen LogP contribution < -0.4 is 0 Å². The molecule has 1 heterocycles. The van der Waals surface area contributed by atoms with Crippen molar-refractivity contribution in [2.24, 2.45) is 0 Å². The van der Waals surface area contributed by atoms with Crippen molar-refractivity contribution in [1.82, 2.24) is 4.98 Å². The molecule has 100 valence electrons. The van der Waals surface area contributed by atoms with Gasteiger partial charge in [0, 0.05) is 16.0 Å². The van der Waals surface area contributed by atoms with Crippen LogP contribution in [0, 0.1) is 13.8 Å². The summed E-state index contributed by atoms with van der Waals surface area (Å²) in [6.07, 6.45) is 2.06. The highest BCUT2D eigenvalue weighted by molar-refractivity contribution is 7.99. The molecule has 0 aliphatic heterocycles. The molecule has 0 saturated carbocycles. The third-order valence-corrected chi connectivity index (χ3v) is 4.20. The summed E-state index contributed by atoms with van der Waals surface area (Å²) in [6, 6.07) is 10.4. The predicted molar refractivity (Wildman–Crippen MR) is 79.5 cm³/mol. The average molecular weight is 273 g/mol. The normalized spacial score (nSPS) is 12.4. The zero-order valence-electron chi connectivity index (χ0n) is 11.6. The third-order valence-electron chi connectivity index (χ3n) is 3.05. The first-order chi connectivity index (χ1) is 9.10. The minimum Gasteiger partial charge on any atom is -0.387 e. The number of rotatable bonds is 4. The van der Waals surface area contributed by atoms with Crippen LogP contribution in [0.2, 0.25) is 0 Å². The van der Waals surface area contributed by atoms with Crippen LogP contribution in [0.15, 0.2) is 46.3 Å². The lowest BCUT2D eigenvalue weighted by Gasteiger charge is -2.09. The van der Waals surface area contributed by atoms with Gasteiger partial charge in [-0.1, -0.05) is 36.4 Å². The summed E-state index contributed by atoms with van der Waals surface area (Å²) in [5.41, 5.74) is 3.30. The van der Waals surface area contributed by atoms with Crippen LogP contribution in [0.3, 0.4) is 0 Å². The van der Waals surface area contributed by atoms with E-state index < -0.39 is 6.10 Å². The quantitative estimate of drug-likeness (QED) is 0.902. The number of hydrogen-bond donors (Lipinski definition) is 1. The van der Waals surface area contributed by atoms with E-state index in [2.05, 4.69) is 37.0 Å². The number of aromatic nitrogens is 1. The van der Waals surface area contributed by atoms with Gasteiger partial charge in [-0.2, -0.15) is 0 Å². The molecule has 3 heteroatoms. The Labute approximate surface area is 118 Å². The standard InChI is InChI=1S/C16H19NOS/c1-4-15(18)14-7-6-13(10-17-14)19-16-8-5-11(2)9-12(16)3/h5-10,15,18H,4H2,1-3H3/t15-/m1/s1. The second-order valence-electron chi connectivity index (χ2n) is 4.71. The Morgan fingerprint density at radius 3 is 2.58 bits per heavy atom. The first-order valence-electron chi connectivity index (χ1n) is 6.49. The Morgan fingerprint density at radius 1 is 1.21 bits per heavy atom. The molecule has 0 radical (unpaired) electrons. The molecule has 0 aliphatic carbocycles. The molecule has 0 fully saturated rings. The first kappa shape index (κ1) is 14.1. The number of nitrogens with zero attached hydrogens (tertiary/aromatic N) is 1. The van der Waals surface area contributed by atoms with Crippen molar-refractivity contribution >= 4 is 11.8 Å². The molecule has 2 nitrogen and oxygen atoms in total. The molecule has 2 aromatic rings. The van der Waals surface area contributed by atoms with E-state index in [1.54, 1.807) is 11.8 Å². The van der Waals surface area contributed by atoms with Gasteiger partial charge in [-0.05, 0) is 44.0 Å². The molecule has 0 amide bonds. The van der Waals surface area contributed by atoms with E-state index in [0.717, 1.165) is 10.6 Å². The van der Waals surface area contributed by atoms with Crippen molar-refractivity contribution in [3.05, 3.63) is 53.3 Å². The summed E-state index contributed by atoms with van der Waals surface area (Å²) in [5.74, 6) is 0. The molecule has 1 aromatic heterocycles. The van der Waals surface area contributed by atoms with Crippen molar-refractivity contribution in [3.63, 3.8) is 0 Å². The molecule has 1 N–H and O–H groups in total. The first-order valence-corrected chi connectivity index (χ1v) is 7.31. The van der Waals surface area contributed by atoms with Gasteiger partial charge in [-0.25, -0.2) is 0 Å². The van der Waals surface area contributed by atoms with Crippen LogP contribution in [0.5, 0.6) is 0 Å². The fourth-order valence-corrected chi connectivity index (χ4v) is 2.75. The molecule has 0 bridgehead atoms. The van der Waals surface area contributed by atoms with Gasteiger partial charge in [0.15, 0.2) is 0 Å². The van der Waals surface area contributed by atoms with Crippen LogP contribution in [-0.4, -0.2) is 10.1 Å². The average Bonchev–Trinajstić information content (AvgIpc) is 2.42. The van der Waals surface area contributed by atoms with Gasteiger partial charge in [-0.3, -0.25) is 4.98 Å². The smallest absolute Gasteiger partial charge is 0.0957 e. The van der Waals surface area contributed by atoms with Crippen molar-refractivity contribution in [2.75, 3.05) is 0 Å². The summed E-state index contributed by atoms with van der Waals surface area (Å²) in [4.78, 5) is 6.66. The van der Waals surface area contributed by atoms with E-state index in [1.807, 2.05) is 25.3 Å². The molecule has 19 heavy (non-hydrogen) atoms. The second kappa shape index (κ2) is 6.22. The summed E-state index contributed by atoms with van der Waals surface area (Å²) in [5, 5.41) is 9.72. The second-order valence-corrected chi connectivity index (χ2v) is 5.83. The van der Waals surface area contributed by atoms with E-state index in [1.165, 1.54) is 16.0 Å². The van der Waals surface area contributed by atoms with Crippen molar-refractivity contribution in [3.8, 4) is 0 Å². The summed E-state index contributed by atoms with van der Waals surface area (Å²) < 4.78 is 0. The molecule has 0 aliphatic rings. The largest absolute Gasteiger partial charge is 0.387 e. The number of aliphatic hydroxyl groups excluding tert-OH is 1. The Morgan fingerprint density at radius 2 is 2.00 bits per heavy atom. The van der Waals surface area contributed by atoms with Crippen molar-refractivity contribution in [2.45, 2.75) is 43.1 Å². The zero-order valence-corrected chi connectivity index (χ0v) is 12.4. The van der Waals surface area contributed by atoms with Gasteiger partial charge in [0.05, 0.1) is 11.8 Å². The van der Waals surface area contributed by atoms with Crippen LogP contribution in [0.4, 0.5) is 0 Å². The molecular formula is C16H19NOS. The Bertz CT molecular complexity index is 551. The van der Waals surface area contributed by atoms with Gasteiger partial charge >= 0.3 is 0 Å². The van der Waals surface area contributed by atoms with E-state index >= 15 is 0 Å². The van der Waals surface area contributed by atoms with Gasteiger partial charge in [-0.15, -0.1) is 0 Å². The van der Waals surface area contributed by atoms with Crippen molar-refractivity contribution in [1.29, 1.82) is 0 Å². The van der Waals surface area contributed by atoms with E-state index in [0.29, 0.717) is 6.42 Å². The molecular weight excluding hydrogens is 254 g/mol. The molecule has 2 rings (SSSR count).